The Bertz CT molecular complexity index is 1060. The minimum absolute atomic E-state index is 0.247. The van der Waals surface area contributed by atoms with Gasteiger partial charge in [0.15, 0.2) is 11.3 Å². The van der Waals surface area contributed by atoms with Crippen molar-refractivity contribution in [3.63, 3.8) is 0 Å². The van der Waals surface area contributed by atoms with Gasteiger partial charge in [-0.15, -0.1) is 0 Å². The lowest BCUT2D eigenvalue weighted by Crippen LogP contribution is -2.09. The molecule has 2 heterocycles. The maximum atomic E-state index is 12.0. The highest BCUT2D eigenvalue weighted by Crippen LogP contribution is 2.28. The SMILES string of the molecule is O=c1[nH]nc(-c2ccccc2)c2c(/C=C\c3ccccc3)onc12. The van der Waals surface area contributed by atoms with Crippen LogP contribution in [-0.2, 0) is 0 Å². The number of nitrogens with zero attached hydrogens (tertiary/aromatic N) is 2. The molecule has 2 aromatic carbocycles. The largest absolute Gasteiger partial charge is 0.355 e. The van der Waals surface area contributed by atoms with Crippen molar-refractivity contribution >= 4 is 23.1 Å². The third kappa shape index (κ3) is 2.52. The van der Waals surface area contributed by atoms with Crippen LogP contribution in [0.5, 0.6) is 0 Å². The van der Waals surface area contributed by atoms with Crippen molar-refractivity contribution in [2.75, 3.05) is 0 Å². The van der Waals surface area contributed by atoms with Gasteiger partial charge in [0, 0.05) is 5.56 Å². The lowest BCUT2D eigenvalue weighted by Gasteiger charge is -2.01. The standard InChI is InChI=1S/C19H13N3O2/c23-19-18-16(17(20-21-19)14-9-5-2-6-10-14)15(24-22-18)12-11-13-7-3-1-4-8-13/h1-12H,(H,21,23)/b12-11-. The Morgan fingerprint density at radius 1 is 0.917 bits per heavy atom. The molecule has 0 radical (unpaired) electrons. The second-order valence-corrected chi connectivity index (χ2v) is 5.28. The Labute approximate surface area is 137 Å². The first kappa shape index (κ1) is 14.1. The molecule has 24 heavy (non-hydrogen) atoms. The summed E-state index contributed by atoms with van der Waals surface area (Å²) >= 11 is 0. The molecule has 0 aliphatic rings. The summed E-state index contributed by atoms with van der Waals surface area (Å²) < 4.78 is 5.38. The van der Waals surface area contributed by atoms with Gasteiger partial charge < -0.3 is 4.52 Å². The van der Waals surface area contributed by atoms with E-state index in [9.17, 15) is 4.79 Å². The molecule has 0 saturated carbocycles. The molecule has 0 atom stereocenters. The van der Waals surface area contributed by atoms with Crippen molar-refractivity contribution < 1.29 is 4.52 Å². The Balaban J connectivity index is 1.90. The van der Waals surface area contributed by atoms with Crippen LogP contribution >= 0.6 is 0 Å². The minimum atomic E-state index is -0.368. The van der Waals surface area contributed by atoms with Crippen molar-refractivity contribution in [3.8, 4) is 11.3 Å². The average molecular weight is 315 g/mol. The van der Waals surface area contributed by atoms with E-state index in [-0.39, 0.29) is 11.1 Å². The Kier molecular flexibility index (Phi) is 3.51. The fraction of sp³-hybridized carbons (Fsp3) is 0. The summed E-state index contributed by atoms with van der Waals surface area (Å²) in [6, 6.07) is 19.5. The summed E-state index contributed by atoms with van der Waals surface area (Å²) in [5.41, 5.74) is 2.43. The van der Waals surface area contributed by atoms with Crippen molar-refractivity contribution in [3.05, 3.63) is 82.3 Å². The van der Waals surface area contributed by atoms with Crippen LogP contribution in [0.15, 0.2) is 70.0 Å². The summed E-state index contributed by atoms with van der Waals surface area (Å²) in [6.07, 6.45) is 3.72. The molecule has 116 valence electrons. The van der Waals surface area contributed by atoms with E-state index in [0.717, 1.165) is 11.1 Å². The Hall–Kier alpha value is -3.47. The van der Waals surface area contributed by atoms with Crippen molar-refractivity contribution in [2.24, 2.45) is 0 Å². The van der Waals surface area contributed by atoms with Gasteiger partial charge in [-0.1, -0.05) is 71.9 Å². The average Bonchev–Trinajstić information content (AvgIpc) is 3.07. The van der Waals surface area contributed by atoms with E-state index < -0.39 is 0 Å². The minimum Gasteiger partial charge on any atom is -0.355 e. The molecule has 4 rings (SSSR count). The molecular weight excluding hydrogens is 302 g/mol. The van der Waals surface area contributed by atoms with E-state index >= 15 is 0 Å². The molecule has 2 aromatic heterocycles. The third-order valence-corrected chi connectivity index (χ3v) is 3.71. The van der Waals surface area contributed by atoms with E-state index in [4.69, 9.17) is 4.52 Å². The van der Waals surface area contributed by atoms with Gasteiger partial charge in [-0.2, -0.15) is 5.10 Å². The highest BCUT2D eigenvalue weighted by atomic mass is 16.5. The zero-order valence-electron chi connectivity index (χ0n) is 12.6. The normalized spacial score (nSPS) is 11.3. The number of hydrogen-bond donors (Lipinski definition) is 1. The first-order valence-corrected chi connectivity index (χ1v) is 7.49. The van der Waals surface area contributed by atoms with Gasteiger partial charge >= 0.3 is 0 Å². The van der Waals surface area contributed by atoms with Crippen LogP contribution in [0.25, 0.3) is 34.3 Å². The van der Waals surface area contributed by atoms with E-state index in [1.807, 2.05) is 66.7 Å². The summed E-state index contributed by atoms with van der Waals surface area (Å²) in [5, 5.41) is 11.2. The van der Waals surface area contributed by atoms with Crippen molar-refractivity contribution in [1.82, 2.24) is 15.4 Å². The zero-order chi connectivity index (χ0) is 16.4. The Morgan fingerprint density at radius 3 is 2.38 bits per heavy atom. The van der Waals surface area contributed by atoms with Gasteiger partial charge in [0.2, 0.25) is 0 Å². The van der Waals surface area contributed by atoms with Gasteiger partial charge in [-0.05, 0) is 11.6 Å². The van der Waals surface area contributed by atoms with Gasteiger partial charge in [0.1, 0.15) is 5.69 Å². The third-order valence-electron chi connectivity index (χ3n) is 3.71. The predicted molar refractivity (Wildman–Crippen MR) is 93.2 cm³/mol. The highest BCUT2D eigenvalue weighted by Gasteiger charge is 2.16. The maximum Gasteiger partial charge on any atom is 0.294 e. The van der Waals surface area contributed by atoms with Gasteiger partial charge in [0.25, 0.3) is 5.56 Å². The van der Waals surface area contributed by atoms with E-state index in [0.29, 0.717) is 16.8 Å². The summed E-state index contributed by atoms with van der Waals surface area (Å²) in [7, 11) is 0. The van der Waals surface area contributed by atoms with E-state index in [1.54, 1.807) is 6.08 Å². The maximum absolute atomic E-state index is 12.0. The molecule has 0 aliphatic heterocycles. The number of benzene rings is 2. The quantitative estimate of drug-likeness (QED) is 0.625. The molecule has 1 N–H and O–H groups in total. The van der Waals surface area contributed by atoms with Gasteiger partial charge in [-0.25, -0.2) is 5.10 Å². The van der Waals surface area contributed by atoms with Crippen LogP contribution < -0.4 is 5.56 Å². The molecule has 4 aromatic rings. The molecular formula is C19H13N3O2. The lowest BCUT2D eigenvalue weighted by molar-refractivity contribution is 0.421. The second kappa shape index (κ2) is 5.96. The molecule has 0 unspecified atom stereocenters. The van der Waals surface area contributed by atoms with Crippen LogP contribution in [0, 0.1) is 0 Å². The van der Waals surface area contributed by atoms with Gasteiger partial charge in [-0.3, -0.25) is 4.79 Å². The fourth-order valence-corrected chi connectivity index (χ4v) is 2.56. The van der Waals surface area contributed by atoms with Crippen LogP contribution in [0.4, 0.5) is 0 Å². The molecule has 0 fully saturated rings. The van der Waals surface area contributed by atoms with Crippen LogP contribution in [0.2, 0.25) is 0 Å². The molecule has 0 amide bonds. The van der Waals surface area contributed by atoms with Crippen molar-refractivity contribution in [2.45, 2.75) is 0 Å². The number of aromatic amines is 1. The molecule has 0 saturated heterocycles. The summed E-state index contributed by atoms with van der Waals surface area (Å²) in [4.78, 5) is 12.0. The van der Waals surface area contributed by atoms with Crippen LogP contribution in [0.1, 0.15) is 11.3 Å². The molecule has 5 heteroatoms. The number of rotatable bonds is 3. The topological polar surface area (TPSA) is 71.8 Å². The molecule has 5 nitrogen and oxygen atoms in total. The van der Waals surface area contributed by atoms with E-state index in [1.165, 1.54) is 0 Å². The fourth-order valence-electron chi connectivity index (χ4n) is 2.56. The first-order chi connectivity index (χ1) is 11.8. The highest BCUT2D eigenvalue weighted by molar-refractivity contribution is 5.97. The molecule has 0 spiro atoms. The van der Waals surface area contributed by atoms with Crippen LogP contribution in [-0.4, -0.2) is 15.4 Å². The monoisotopic (exact) mass is 315 g/mol. The zero-order valence-corrected chi connectivity index (χ0v) is 12.6. The van der Waals surface area contributed by atoms with E-state index in [2.05, 4.69) is 15.4 Å². The smallest absolute Gasteiger partial charge is 0.294 e. The van der Waals surface area contributed by atoms with Crippen molar-refractivity contribution in [1.29, 1.82) is 0 Å². The Morgan fingerprint density at radius 2 is 1.62 bits per heavy atom. The number of H-pyrrole nitrogens is 1. The predicted octanol–water partition coefficient (Wildman–Crippen LogP) is 3.75. The second-order valence-electron chi connectivity index (χ2n) is 5.28. The first-order valence-electron chi connectivity index (χ1n) is 7.49. The van der Waals surface area contributed by atoms with Crippen LogP contribution in [0.3, 0.4) is 0 Å². The number of hydrogen-bond acceptors (Lipinski definition) is 4. The molecule has 0 bridgehead atoms. The lowest BCUT2D eigenvalue weighted by atomic mass is 10.1. The molecule has 0 aliphatic carbocycles. The summed E-state index contributed by atoms with van der Waals surface area (Å²) in [6.45, 7) is 0. The van der Waals surface area contributed by atoms with Gasteiger partial charge in [0.05, 0.1) is 5.39 Å². The number of fused-ring (bicyclic) bond motifs is 1. The number of aromatic nitrogens is 3. The summed E-state index contributed by atoms with van der Waals surface area (Å²) in [5.74, 6) is 0.506. The number of nitrogens with one attached hydrogen (secondary N) is 1.